The first-order valence-electron chi connectivity index (χ1n) is 6.15. The van der Waals surface area contributed by atoms with E-state index in [0.717, 1.165) is 12.1 Å². The summed E-state index contributed by atoms with van der Waals surface area (Å²) in [5.74, 6) is -5.26. The van der Waals surface area contributed by atoms with Crippen molar-refractivity contribution in [3.63, 3.8) is 0 Å². The second-order valence-electron chi connectivity index (χ2n) is 5.10. The molecule has 0 amide bonds. The summed E-state index contributed by atoms with van der Waals surface area (Å²) in [4.78, 5) is 23.5. The summed E-state index contributed by atoms with van der Waals surface area (Å²) in [5.41, 5.74) is -2.54. The molecule has 0 aromatic heterocycles. The number of carbonyl (C=O) groups is 2. The summed E-state index contributed by atoms with van der Waals surface area (Å²) in [5, 5.41) is -0.801. The Morgan fingerprint density at radius 2 is 1.65 bits per heavy atom. The summed E-state index contributed by atoms with van der Waals surface area (Å²) >= 11 is 5.42. The summed E-state index contributed by atoms with van der Waals surface area (Å²) in [7, 11) is 0. The molecule has 1 saturated heterocycles. The number of benzene rings is 1. The molecular weight excluding hydrogens is 344 g/mol. The molecule has 1 fully saturated rings. The number of carbonyl (C=O) groups excluding carboxylic acids is 2. The molecule has 0 spiro atoms. The molecule has 1 aromatic carbocycles. The van der Waals surface area contributed by atoms with Gasteiger partial charge in [-0.1, -0.05) is 11.6 Å². The van der Waals surface area contributed by atoms with Crippen LogP contribution in [-0.4, -0.2) is 17.7 Å². The lowest BCUT2D eigenvalue weighted by atomic mass is 10.1. The molecule has 124 valence electrons. The van der Waals surface area contributed by atoms with Crippen molar-refractivity contribution in [2.45, 2.75) is 25.8 Å². The van der Waals surface area contributed by atoms with Gasteiger partial charge in [0.2, 0.25) is 0 Å². The minimum Gasteiger partial charge on any atom is -0.419 e. The Labute approximate surface area is 132 Å². The van der Waals surface area contributed by atoms with Gasteiger partial charge in [-0.05, 0) is 23.8 Å². The molecular formula is C14H9ClF4O4. The Kier molecular flexibility index (Phi) is 4.14. The van der Waals surface area contributed by atoms with E-state index in [4.69, 9.17) is 21.1 Å². The fraction of sp³-hybridized carbons (Fsp3) is 0.286. The maximum Gasteiger partial charge on any atom is 0.419 e. The third kappa shape index (κ3) is 3.64. The number of cyclic esters (lactones) is 2. The number of esters is 2. The topological polar surface area (TPSA) is 52.6 Å². The Morgan fingerprint density at radius 1 is 1.13 bits per heavy atom. The molecule has 2 rings (SSSR count). The highest BCUT2D eigenvalue weighted by Gasteiger charge is 2.39. The van der Waals surface area contributed by atoms with Crippen LogP contribution in [-0.2, 0) is 25.2 Å². The van der Waals surface area contributed by atoms with Crippen LogP contribution in [0.15, 0.2) is 17.7 Å². The van der Waals surface area contributed by atoms with Crippen LogP contribution in [0.2, 0.25) is 5.02 Å². The average Bonchev–Trinajstić information content (AvgIpc) is 2.35. The molecule has 1 aliphatic rings. The molecule has 0 saturated carbocycles. The van der Waals surface area contributed by atoms with Crippen LogP contribution >= 0.6 is 11.6 Å². The van der Waals surface area contributed by atoms with Gasteiger partial charge in [-0.2, -0.15) is 13.2 Å². The molecule has 1 heterocycles. The van der Waals surface area contributed by atoms with Crippen molar-refractivity contribution in [3.8, 4) is 0 Å². The Morgan fingerprint density at radius 3 is 2.13 bits per heavy atom. The average molecular weight is 353 g/mol. The highest BCUT2D eigenvalue weighted by Crippen LogP contribution is 2.35. The van der Waals surface area contributed by atoms with Crippen LogP contribution in [0.25, 0.3) is 6.08 Å². The molecule has 9 heteroatoms. The van der Waals surface area contributed by atoms with E-state index in [1.807, 2.05) is 0 Å². The summed E-state index contributed by atoms with van der Waals surface area (Å²) in [6, 6.07) is 1.27. The first-order chi connectivity index (χ1) is 10.4. The molecule has 1 aliphatic heterocycles. The second kappa shape index (κ2) is 5.52. The number of ether oxygens (including phenoxy) is 2. The van der Waals surface area contributed by atoms with Crippen LogP contribution in [0.4, 0.5) is 17.6 Å². The number of rotatable bonds is 1. The zero-order chi connectivity index (χ0) is 17.6. The molecule has 1 aromatic rings. The van der Waals surface area contributed by atoms with Crippen molar-refractivity contribution in [2.75, 3.05) is 0 Å². The summed E-state index contributed by atoms with van der Waals surface area (Å²) in [6.45, 7) is 2.63. The second-order valence-corrected chi connectivity index (χ2v) is 5.51. The van der Waals surface area contributed by atoms with Gasteiger partial charge in [0.05, 0.1) is 10.6 Å². The lowest BCUT2D eigenvalue weighted by Crippen LogP contribution is -2.41. The van der Waals surface area contributed by atoms with E-state index < -0.39 is 45.9 Å². The summed E-state index contributed by atoms with van der Waals surface area (Å²) < 4.78 is 61.3. The standard InChI is InChI=1S/C14H9ClF4O4/c1-13(2)22-11(20)7(12(21)23-13)3-6-4-8(14(17,18)19)10(16)9(15)5-6/h3-5H,1-2H3. The Balaban J connectivity index is 2.50. The van der Waals surface area contributed by atoms with E-state index in [9.17, 15) is 27.2 Å². The van der Waals surface area contributed by atoms with E-state index in [2.05, 4.69) is 0 Å². The first-order valence-corrected chi connectivity index (χ1v) is 6.53. The molecule has 0 aliphatic carbocycles. The van der Waals surface area contributed by atoms with Gasteiger partial charge in [-0.15, -0.1) is 0 Å². The monoisotopic (exact) mass is 352 g/mol. The van der Waals surface area contributed by atoms with Gasteiger partial charge in [0.15, 0.2) is 5.82 Å². The maximum atomic E-state index is 13.5. The van der Waals surface area contributed by atoms with E-state index in [0.29, 0.717) is 6.07 Å². The lowest BCUT2D eigenvalue weighted by molar-refractivity contribution is -0.222. The minimum atomic E-state index is -4.99. The van der Waals surface area contributed by atoms with E-state index in [1.165, 1.54) is 13.8 Å². The predicted octanol–water partition coefficient (Wildman–Crippen LogP) is 3.72. The molecule has 23 heavy (non-hydrogen) atoms. The number of hydrogen-bond donors (Lipinski definition) is 0. The minimum absolute atomic E-state index is 0.299. The van der Waals surface area contributed by atoms with Gasteiger partial charge in [0, 0.05) is 13.8 Å². The molecule has 0 radical (unpaired) electrons. The third-order valence-electron chi connectivity index (χ3n) is 2.78. The Bertz CT molecular complexity index is 700. The highest BCUT2D eigenvalue weighted by atomic mass is 35.5. The zero-order valence-corrected chi connectivity index (χ0v) is 12.5. The first kappa shape index (κ1) is 17.3. The Hall–Kier alpha value is -2.09. The summed E-state index contributed by atoms with van der Waals surface area (Å²) in [6.07, 6.45) is -4.20. The van der Waals surface area contributed by atoms with E-state index in [-0.39, 0.29) is 5.56 Å². The molecule has 0 atom stereocenters. The number of halogens is 5. The number of alkyl halides is 3. The molecule has 4 nitrogen and oxygen atoms in total. The van der Waals surface area contributed by atoms with Gasteiger partial charge in [0.1, 0.15) is 5.57 Å². The van der Waals surface area contributed by atoms with Gasteiger partial charge >= 0.3 is 18.1 Å². The van der Waals surface area contributed by atoms with Crippen LogP contribution in [0.1, 0.15) is 25.0 Å². The van der Waals surface area contributed by atoms with Crippen molar-refractivity contribution < 1.29 is 36.6 Å². The zero-order valence-electron chi connectivity index (χ0n) is 11.8. The van der Waals surface area contributed by atoms with Crippen molar-refractivity contribution >= 4 is 29.6 Å². The third-order valence-corrected chi connectivity index (χ3v) is 3.06. The molecule has 0 bridgehead atoms. The van der Waals surface area contributed by atoms with E-state index >= 15 is 0 Å². The maximum absolute atomic E-state index is 13.5. The largest absolute Gasteiger partial charge is 0.419 e. The normalized spacial score (nSPS) is 17.6. The SMILES string of the molecule is CC1(C)OC(=O)C(=Cc2cc(Cl)c(F)c(C(F)(F)F)c2)C(=O)O1. The quantitative estimate of drug-likeness (QED) is 0.334. The van der Waals surface area contributed by atoms with Gasteiger partial charge in [-0.25, -0.2) is 14.0 Å². The van der Waals surface area contributed by atoms with Crippen LogP contribution < -0.4 is 0 Å². The van der Waals surface area contributed by atoms with Gasteiger partial charge < -0.3 is 9.47 Å². The van der Waals surface area contributed by atoms with Crippen LogP contribution in [0, 0.1) is 5.82 Å². The van der Waals surface area contributed by atoms with Crippen molar-refractivity contribution in [2.24, 2.45) is 0 Å². The van der Waals surface area contributed by atoms with Crippen LogP contribution in [0.3, 0.4) is 0 Å². The fourth-order valence-electron chi connectivity index (χ4n) is 1.84. The molecule has 0 unspecified atom stereocenters. The van der Waals surface area contributed by atoms with Crippen molar-refractivity contribution in [1.29, 1.82) is 0 Å². The van der Waals surface area contributed by atoms with Crippen LogP contribution in [0.5, 0.6) is 0 Å². The lowest BCUT2D eigenvalue weighted by Gasteiger charge is -2.29. The predicted molar refractivity (Wildman–Crippen MR) is 70.7 cm³/mol. The fourth-order valence-corrected chi connectivity index (χ4v) is 2.07. The smallest absolute Gasteiger partial charge is 0.419 e. The van der Waals surface area contributed by atoms with Crippen molar-refractivity contribution in [3.05, 3.63) is 39.7 Å². The van der Waals surface area contributed by atoms with Gasteiger partial charge in [0.25, 0.3) is 5.79 Å². The van der Waals surface area contributed by atoms with Gasteiger partial charge in [-0.3, -0.25) is 0 Å². The van der Waals surface area contributed by atoms with E-state index in [1.54, 1.807) is 0 Å². The van der Waals surface area contributed by atoms with Crippen molar-refractivity contribution in [1.82, 2.24) is 0 Å². The number of hydrogen-bond acceptors (Lipinski definition) is 4. The highest BCUT2D eigenvalue weighted by molar-refractivity contribution is 6.31. The molecule has 0 N–H and O–H groups in total.